The van der Waals surface area contributed by atoms with Crippen LogP contribution < -0.4 is 0 Å². The minimum Gasteiger partial charge on any atom is -0.0616 e. The smallest absolute Gasteiger partial charge is 0.0165 e. The molecule has 0 radical (unpaired) electrons. The molecule has 0 heterocycles. The first kappa shape index (κ1) is 26.5. The van der Waals surface area contributed by atoms with Gasteiger partial charge in [-0.3, -0.25) is 0 Å². The number of hydrogen-bond acceptors (Lipinski definition) is 0. The monoisotopic (exact) mass is 596 g/mol. The van der Waals surface area contributed by atoms with Crippen molar-refractivity contribution in [2.24, 2.45) is 0 Å². The van der Waals surface area contributed by atoms with E-state index in [2.05, 4.69) is 172 Å². The third kappa shape index (κ3) is 3.70. The van der Waals surface area contributed by atoms with Crippen molar-refractivity contribution < 1.29 is 0 Å². The number of rotatable bonds is 2. The van der Waals surface area contributed by atoms with Crippen LogP contribution in [0.4, 0.5) is 0 Å². The Labute approximate surface area is 274 Å². The molecule has 0 amide bonds. The molecule has 0 bridgehead atoms. The highest BCUT2D eigenvalue weighted by molar-refractivity contribution is 6.22. The number of benzene rings is 9. The maximum atomic E-state index is 2.49. The molecule has 0 aromatic heterocycles. The van der Waals surface area contributed by atoms with Crippen LogP contribution in [0, 0.1) is 0 Å². The van der Waals surface area contributed by atoms with E-state index in [0.717, 1.165) is 0 Å². The normalized spacial score (nSPS) is 13.5. The Morgan fingerprint density at radius 2 is 0.766 bits per heavy atom. The second kappa shape index (κ2) is 9.64. The minimum atomic E-state index is -0.110. The van der Waals surface area contributed by atoms with Crippen molar-refractivity contribution in [2.75, 3.05) is 0 Å². The van der Waals surface area contributed by atoms with Gasteiger partial charge in [0.15, 0.2) is 0 Å². The maximum absolute atomic E-state index is 2.49. The summed E-state index contributed by atoms with van der Waals surface area (Å²) < 4.78 is 0. The lowest BCUT2D eigenvalue weighted by molar-refractivity contribution is 0.666. The zero-order chi connectivity index (χ0) is 31.3. The van der Waals surface area contributed by atoms with Gasteiger partial charge in [0.2, 0.25) is 0 Å². The van der Waals surface area contributed by atoms with Crippen molar-refractivity contribution >= 4 is 53.9 Å². The van der Waals surface area contributed by atoms with E-state index in [4.69, 9.17) is 0 Å². The first-order valence-electron chi connectivity index (χ1n) is 16.6. The molecular weight excluding hydrogens is 565 g/mol. The molecule has 10 rings (SSSR count). The Bertz CT molecular complexity index is 2700. The van der Waals surface area contributed by atoms with E-state index in [1.54, 1.807) is 0 Å². The summed E-state index contributed by atoms with van der Waals surface area (Å²) in [5.41, 5.74) is 10.6. The molecule has 0 saturated carbocycles. The Hall–Kier alpha value is -5.72. The Kier molecular flexibility index (Phi) is 5.44. The average Bonchev–Trinajstić information content (AvgIpc) is 3.36. The fraction of sp³-hybridized carbons (Fsp3) is 0.0638. The van der Waals surface area contributed by atoms with Crippen LogP contribution in [0.2, 0.25) is 0 Å². The van der Waals surface area contributed by atoms with Gasteiger partial charge < -0.3 is 0 Å². The topological polar surface area (TPSA) is 0 Å². The van der Waals surface area contributed by atoms with Gasteiger partial charge in [-0.05, 0) is 111 Å². The molecule has 47 heavy (non-hydrogen) atoms. The summed E-state index contributed by atoms with van der Waals surface area (Å²) in [4.78, 5) is 0. The second-order valence-corrected chi connectivity index (χ2v) is 13.7. The van der Waals surface area contributed by atoms with Crippen molar-refractivity contribution in [3.05, 3.63) is 169 Å². The van der Waals surface area contributed by atoms with Crippen LogP contribution in [0.25, 0.3) is 87.2 Å². The van der Waals surface area contributed by atoms with Gasteiger partial charge in [-0.25, -0.2) is 0 Å². The largest absolute Gasteiger partial charge is 0.0616 e. The van der Waals surface area contributed by atoms with Gasteiger partial charge in [-0.1, -0.05) is 159 Å². The van der Waals surface area contributed by atoms with E-state index >= 15 is 0 Å². The first-order valence-corrected chi connectivity index (χ1v) is 16.6. The zero-order valence-electron chi connectivity index (χ0n) is 26.5. The Morgan fingerprint density at radius 3 is 1.40 bits per heavy atom. The lowest BCUT2D eigenvalue weighted by Crippen LogP contribution is -2.15. The van der Waals surface area contributed by atoms with Gasteiger partial charge in [-0.15, -0.1) is 0 Å². The van der Waals surface area contributed by atoms with E-state index in [1.807, 2.05) is 0 Å². The third-order valence-electron chi connectivity index (χ3n) is 10.8. The van der Waals surface area contributed by atoms with Crippen molar-refractivity contribution in [3.63, 3.8) is 0 Å². The zero-order valence-corrected chi connectivity index (χ0v) is 26.5. The summed E-state index contributed by atoms with van der Waals surface area (Å²) in [6.45, 7) is 4.80. The van der Waals surface area contributed by atoms with Crippen LogP contribution in [-0.4, -0.2) is 0 Å². The first-order chi connectivity index (χ1) is 23.1. The van der Waals surface area contributed by atoms with Crippen LogP contribution in [0.1, 0.15) is 25.0 Å². The summed E-state index contributed by atoms with van der Waals surface area (Å²) in [6.07, 6.45) is 0. The quantitative estimate of drug-likeness (QED) is 0.138. The lowest BCUT2D eigenvalue weighted by Gasteiger charge is -2.24. The van der Waals surface area contributed by atoms with Crippen LogP contribution in [-0.2, 0) is 5.41 Å². The summed E-state index contributed by atoms with van der Waals surface area (Å²) in [6, 6.07) is 58.9. The highest BCUT2D eigenvalue weighted by Crippen LogP contribution is 2.53. The molecule has 0 aliphatic heterocycles. The van der Waals surface area contributed by atoms with E-state index in [1.165, 1.54) is 98.4 Å². The Morgan fingerprint density at radius 1 is 0.340 bits per heavy atom. The lowest BCUT2D eigenvalue weighted by atomic mass is 9.79. The predicted octanol–water partition coefficient (Wildman–Crippen LogP) is 13.1. The number of fused-ring (bicyclic) bond motifs is 10. The second-order valence-electron chi connectivity index (χ2n) is 13.7. The molecular formula is C47H32. The molecule has 0 unspecified atom stereocenters. The van der Waals surface area contributed by atoms with Gasteiger partial charge in [0.1, 0.15) is 0 Å². The molecule has 0 saturated heterocycles. The van der Waals surface area contributed by atoms with Crippen molar-refractivity contribution in [1.82, 2.24) is 0 Å². The van der Waals surface area contributed by atoms with Gasteiger partial charge in [0.25, 0.3) is 0 Å². The fourth-order valence-corrected chi connectivity index (χ4v) is 8.66. The van der Waals surface area contributed by atoms with Gasteiger partial charge >= 0.3 is 0 Å². The van der Waals surface area contributed by atoms with Gasteiger partial charge in [-0.2, -0.15) is 0 Å². The highest BCUT2D eigenvalue weighted by atomic mass is 14.4. The van der Waals surface area contributed by atoms with Crippen molar-refractivity contribution in [3.8, 4) is 33.4 Å². The summed E-state index contributed by atoms with van der Waals surface area (Å²) in [5, 5.41) is 13.0. The minimum absolute atomic E-state index is 0.110. The molecule has 0 nitrogen and oxygen atoms in total. The SMILES string of the molecule is CC1(C)c2cc(-c3c4ccccc4c(-c4ccc5ccc6ccccc6c5c4)c4ccccc34)ccc2-c2ccc3ccccc3c21. The van der Waals surface area contributed by atoms with Crippen LogP contribution in [0.5, 0.6) is 0 Å². The average molecular weight is 597 g/mol. The maximum Gasteiger partial charge on any atom is 0.0165 e. The summed E-state index contributed by atoms with van der Waals surface area (Å²) in [5.74, 6) is 0. The molecule has 1 aliphatic rings. The fourth-order valence-electron chi connectivity index (χ4n) is 8.66. The molecule has 0 heteroatoms. The summed E-state index contributed by atoms with van der Waals surface area (Å²) in [7, 11) is 0. The van der Waals surface area contributed by atoms with E-state index in [-0.39, 0.29) is 5.41 Å². The molecule has 1 aliphatic carbocycles. The molecule has 220 valence electrons. The van der Waals surface area contributed by atoms with Crippen molar-refractivity contribution in [2.45, 2.75) is 19.3 Å². The van der Waals surface area contributed by atoms with Crippen LogP contribution in [0.15, 0.2) is 158 Å². The highest BCUT2D eigenvalue weighted by Gasteiger charge is 2.37. The van der Waals surface area contributed by atoms with Crippen molar-refractivity contribution in [1.29, 1.82) is 0 Å². The molecule has 0 fully saturated rings. The van der Waals surface area contributed by atoms with Crippen LogP contribution >= 0.6 is 0 Å². The van der Waals surface area contributed by atoms with Gasteiger partial charge in [0.05, 0.1) is 0 Å². The molecule has 9 aromatic carbocycles. The predicted molar refractivity (Wildman–Crippen MR) is 202 cm³/mol. The molecule has 0 N–H and O–H groups in total. The van der Waals surface area contributed by atoms with Crippen LogP contribution in [0.3, 0.4) is 0 Å². The molecule has 0 spiro atoms. The number of hydrogen-bond donors (Lipinski definition) is 0. The van der Waals surface area contributed by atoms with Gasteiger partial charge in [0, 0.05) is 5.41 Å². The van der Waals surface area contributed by atoms with E-state index in [0.29, 0.717) is 0 Å². The standard InChI is InChI=1S/C47H32/c1-47(2)43-28-33(24-25-36(43)41-26-23-30-12-4-6-14-35(30)46(41)47)45-39-17-9-7-15-37(39)44(38-16-8-10-18-40(38)45)32-22-21-31-20-19-29-11-3-5-13-34(29)42(31)27-32/h3-28H,1-2H3. The van der Waals surface area contributed by atoms with E-state index < -0.39 is 0 Å². The molecule has 9 aromatic rings. The molecule has 0 atom stereocenters. The summed E-state index contributed by atoms with van der Waals surface area (Å²) >= 11 is 0. The van der Waals surface area contributed by atoms with E-state index in [9.17, 15) is 0 Å². The Balaban J connectivity index is 1.24. The third-order valence-corrected chi connectivity index (χ3v) is 10.8.